The standard InChI is InChI=1S/C20H19N7O/c1-2-11-26(15-6-9-22-10-7-15)20(28)14-12-17(21)27-18(13-14)24-19(25-27)16-5-3-4-8-23-16/h3-10,12-13H,2,11,21H2,1H3. The van der Waals surface area contributed by atoms with E-state index in [9.17, 15) is 4.79 Å². The van der Waals surface area contributed by atoms with Crippen LogP contribution in [0.15, 0.2) is 61.1 Å². The number of carbonyl (C=O) groups is 1. The van der Waals surface area contributed by atoms with Crippen molar-refractivity contribution in [2.45, 2.75) is 13.3 Å². The lowest BCUT2D eigenvalue weighted by Crippen LogP contribution is -2.31. The Morgan fingerprint density at radius 1 is 1.14 bits per heavy atom. The molecule has 28 heavy (non-hydrogen) atoms. The van der Waals surface area contributed by atoms with Gasteiger partial charge >= 0.3 is 0 Å². The maximum atomic E-state index is 13.2. The third-order valence-corrected chi connectivity index (χ3v) is 4.27. The van der Waals surface area contributed by atoms with E-state index in [0.29, 0.717) is 35.1 Å². The van der Waals surface area contributed by atoms with Crippen molar-refractivity contribution in [3.05, 3.63) is 66.6 Å². The van der Waals surface area contributed by atoms with Crippen molar-refractivity contribution in [1.29, 1.82) is 0 Å². The Labute approximate surface area is 161 Å². The highest BCUT2D eigenvalue weighted by molar-refractivity contribution is 6.07. The van der Waals surface area contributed by atoms with Crippen molar-refractivity contribution in [1.82, 2.24) is 24.6 Å². The van der Waals surface area contributed by atoms with Crippen LogP contribution in [-0.4, -0.2) is 37.0 Å². The van der Waals surface area contributed by atoms with Crippen molar-refractivity contribution < 1.29 is 4.79 Å². The molecule has 4 aromatic rings. The van der Waals surface area contributed by atoms with Crippen LogP contribution in [0.2, 0.25) is 0 Å². The van der Waals surface area contributed by atoms with Gasteiger partial charge in [-0.3, -0.25) is 14.8 Å². The van der Waals surface area contributed by atoms with Gasteiger partial charge in [-0.25, -0.2) is 4.98 Å². The van der Waals surface area contributed by atoms with E-state index in [4.69, 9.17) is 5.73 Å². The number of aromatic nitrogens is 5. The van der Waals surface area contributed by atoms with E-state index in [0.717, 1.165) is 12.1 Å². The number of hydrogen-bond acceptors (Lipinski definition) is 6. The molecular weight excluding hydrogens is 354 g/mol. The first kappa shape index (κ1) is 17.6. The Morgan fingerprint density at radius 2 is 1.96 bits per heavy atom. The van der Waals surface area contributed by atoms with Crippen LogP contribution in [0, 0.1) is 0 Å². The molecule has 2 N–H and O–H groups in total. The molecule has 1 amide bonds. The largest absolute Gasteiger partial charge is 0.384 e. The number of carbonyl (C=O) groups excluding carboxylic acids is 1. The third-order valence-electron chi connectivity index (χ3n) is 4.27. The third kappa shape index (κ3) is 3.27. The molecule has 4 heterocycles. The van der Waals surface area contributed by atoms with Gasteiger partial charge in [-0.15, -0.1) is 5.10 Å². The summed E-state index contributed by atoms with van der Waals surface area (Å²) >= 11 is 0. The molecule has 0 unspecified atom stereocenters. The summed E-state index contributed by atoms with van der Waals surface area (Å²) in [5.74, 6) is 0.641. The van der Waals surface area contributed by atoms with E-state index < -0.39 is 0 Å². The van der Waals surface area contributed by atoms with Crippen molar-refractivity contribution >= 4 is 23.1 Å². The number of anilines is 2. The minimum absolute atomic E-state index is 0.148. The average Bonchev–Trinajstić information content (AvgIpc) is 3.18. The van der Waals surface area contributed by atoms with Crippen LogP contribution >= 0.6 is 0 Å². The Morgan fingerprint density at radius 3 is 2.68 bits per heavy atom. The molecule has 4 aromatic heterocycles. The number of nitrogens with two attached hydrogens (primary N) is 1. The van der Waals surface area contributed by atoms with Gasteiger partial charge in [0.1, 0.15) is 11.5 Å². The van der Waals surface area contributed by atoms with Crippen LogP contribution in [0.3, 0.4) is 0 Å². The molecule has 0 aliphatic carbocycles. The summed E-state index contributed by atoms with van der Waals surface area (Å²) in [7, 11) is 0. The molecule has 0 saturated carbocycles. The van der Waals surface area contributed by atoms with Gasteiger partial charge in [-0.05, 0) is 42.8 Å². The molecule has 0 aliphatic heterocycles. The highest BCUT2D eigenvalue weighted by Gasteiger charge is 2.20. The summed E-state index contributed by atoms with van der Waals surface area (Å²) in [6.45, 7) is 2.61. The summed E-state index contributed by atoms with van der Waals surface area (Å²) in [4.78, 5) is 27.7. The molecule has 4 rings (SSSR count). The highest BCUT2D eigenvalue weighted by Crippen LogP contribution is 2.21. The second-order valence-electron chi connectivity index (χ2n) is 6.25. The summed E-state index contributed by atoms with van der Waals surface area (Å²) in [6.07, 6.45) is 5.83. The van der Waals surface area contributed by atoms with Gasteiger partial charge in [0.25, 0.3) is 5.91 Å². The zero-order chi connectivity index (χ0) is 19.5. The molecule has 0 radical (unpaired) electrons. The minimum atomic E-state index is -0.148. The summed E-state index contributed by atoms with van der Waals surface area (Å²) < 4.78 is 1.51. The van der Waals surface area contributed by atoms with Crippen LogP contribution in [0.1, 0.15) is 23.7 Å². The number of fused-ring (bicyclic) bond motifs is 1. The molecule has 140 valence electrons. The molecule has 0 saturated heterocycles. The van der Waals surface area contributed by atoms with Gasteiger partial charge in [0, 0.05) is 36.4 Å². The predicted octanol–water partition coefficient (Wildman–Crippen LogP) is 2.83. The van der Waals surface area contributed by atoms with Crippen LogP contribution in [-0.2, 0) is 0 Å². The molecular formula is C20H19N7O. The number of rotatable bonds is 5. The number of pyridine rings is 3. The fraction of sp³-hybridized carbons (Fsp3) is 0.150. The molecule has 8 nitrogen and oxygen atoms in total. The summed E-state index contributed by atoms with van der Waals surface area (Å²) in [6, 6.07) is 12.5. The normalized spacial score (nSPS) is 10.9. The predicted molar refractivity (Wildman–Crippen MR) is 107 cm³/mol. The number of nitrogens with zero attached hydrogens (tertiary/aromatic N) is 6. The van der Waals surface area contributed by atoms with E-state index >= 15 is 0 Å². The first-order valence-corrected chi connectivity index (χ1v) is 8.97. The second kappa shape index (κ2) is 7.43. The van der Waals surface area contributed by atoms with Gasteiger partial charge < -0.3 is 10.6 Å². The van der Waals surface area contributed by atoms with Gasteiger partial charge in [-0.1, -0.05) is 13.0 Å². The van der Waals surface area contributed by atoms with Crippen LogP contribution < -0.4 is 10.6 Å². The average molecular weight is 373 g/mol. The van der Waals surface area contributed by atoms with Crippen molar-refractivity contribution in [3.63, 3.8) is 0 Å². The van der Waals surface area contributed by atoms with Gasteiger partial charge in [-0.2, -0.15) is 4.52 Å². The maximum absolute atomic E-state index is 13.2. The summed E-state index contributed by atoms with van der Waals surface area (Å²) in [5.41, 5.74) is 8.54. The minimum Gasteiger partial charge on any atom is -0.384 e. The van der Waals surface area contributed by atoms with E-state index in [-0.39, 0.29) is 5.91 Å². The molecule has 0 aliphatic rings. The van der Waals surface area contributed by atoms with Crippen molar-refractivity contribution in [2.24, 2.45) is 0 Å². The summed E-state index contributed by atoms with van der Waals surface area (Å²) in [5, 5.41) is 4.41. The SMILES string of the molecule is CCCN(C(=O)c1cc(N)n2nc(-c3ccccn3)nc2c1)c1ccncc1. The van der Waals surface area contributed by atoms with Gasteiger partial charge in [0.15, 0.2) is 5.65 Å². The van der Waals surface area contributed by atoms with Crippen LogP contribution in [0.5, 0.6) is 0 Å². The first-order chi connectivity index (χ1) is 13.7. The number of hydrogen-bond donors (Lipinski definition) is 1. The first-order valence-electron chi connectivity index (χ1n) is 8.97. The fourth-order valence-electron chi connectivity index (χ4n) is 2.99. The van der Waals surface area contributed by atoms with Crippen LogP contribution in [0.25, 0.3) is 17.2 Å². The molecule has 0 bridgehead atoms. The fourth-order valence-corrected chi connectivity index (χ4v) is 2.99. The number of amides is 1. The molecule has 0 aromatic carbocycles. The Bertz CT molecular complexity index is 1110. The topological polar surface area (TPSA) is 102 Å². The molecule has 0 fully saturated rings. The number of nitrogen functional groups attached to an aromatic ring is 1. The Kier molecular flexibility index (Phi) is 4.67. The molecule has 0 spiro atoms. The second-order valence-corrected chi connectivity index (χ2v) is 6.25. The maximum Gasteiger partial charge on any atom is 0.258 e. The quantitative estimate of drug-likeness (QED) is 0.577. The zero-order valence-corrected chi connectivity index (χ0v) is 15.4. The van der Waals surface area contributed by atoms with Gasteiger partial charge in [0.05, 0.1) is 0 Å². The smallest absolute Gasteiger partial charge is 0.258 e. The van der Waals surface area contributed by atoms with E-state index in [1.165, 1.54) is 4.52 Å². The lowest BCUT2D eigenvalue weighted by Gasteiger charge is -2.22. The Balaban J connectivity index is 1.75. The molecule has 8 heteroatoms. The Hall–Kier alpha value is -3.81. The zero-order valence-electron chi connectivity index (χ0n) is 15.4. The highest BCUT2D eigenvalue weighted by atomic mass is 16.2. The van der Waals surface area contributed by atoms with E-state index in [1.807, 2.05) is 37.3 Å². The van der Waals surface area contributed by atoms with E-state index in [1.54, 1.807) is 35.6 Å². The lowest BCUT2D eigenvalue weighted by atomic mass is 10.2. The van der Waals surface area contributed by atoms with Crippen molar-refractivity contribution in [2.75, 3.05) is 17.2 Å². The van der Waals surface area contributed by atoms with Gasteiger partial charge in [0.2, 0.25) is 5.82 Å². The van der Waals surface area contributed by atoms with E-state index in [2.05, 4.69) is 20.1 Å². The lowest BCUT2D eigenvalue weighted by molar-refractivity contribution is 0.0987. The van der Waals surface area contributed by atoms with Crippen molar-refractivity contribution in [3.8, 4) is 11.5 Å². The molecule has 0 atom stereocenters. The van der Waals surface area contributed by atoms with Crippen LogP contribution in [0.4, 0.5) is 11.5 Å². The monoisotopic (exact) mass is 373 g/mol.